The predicted octanol–water partition coefficient (Wildman–Crippen LogP) is 2.00. The second-order valence-electron chi connectivity index (χ2n) is 7.92. The number of nitrogens with two attached hydrogens (primary N) is 1. The van der Waals surface area contributed by atoms with Gasteiger partial charge < -0.3 is 21.5 Å². The number of thiazole rings is 1. The summed E-state index contributed by atoms with van der Waals surface area (Å²) in [5.41, 5.74) is 7.93. The van der Waals surface area contributed by atoms with E-state index in [9.17, 15) is 19.5 Å². The van der Waals surface area contributed by atoms with Crippen molar-refractivity contribution >= 4 is 61.9 Å². The van der Waals surface area contributed by atoms with Gasteiger partial charge in [-0.3, -0.25) is 14.5 Å². The van der Waals surface area contributed by atoms with Crippen LogP contribution in [0.2, 0.25) is 0 Å². The minimum atomic E-state index is -1.12. The average molecular weight is 472 g/mol. The molecule has 0 radical (unpaired) electrons. The van der Waals surface area contributed by atoms with Crippen molar-refractivity contribution in [1.29, 1.82) is 0 Å². The Morgan fingerprint density at radius 2 is 2.16 bits per heavy atom. The molecule has 166 valence electrons. The monoisotopic (exact) mass is 471 g/mol. The van der Waals surface area contributed by atoms with Crippen molar-refractivity contribution in [3.63, 3.8) is 0 Å². The van der Waals surface area contributed by atoms with Gasteiger partial charge in [-0.25, -0.2) is 9.78 Å². The highest BCUT2D eigenvalue weighted by atomic mass is 32.2. The van der Waals surface area contributed by atoms with Crippen molar-refractivity contribution in [1.82, 2.24) is 15.2 Å². The van der Waals surface area contributed by atoms with E-state index in [0.717, 1.165) is 28.7 Å². The molecule has 0 bridgehead atoms. The van der Waals surface area contributed by atoms with E-state index in [1.165, 1.54) is 28.0 Å². The van der Waals surface area contributed by atoms with Gasteiger partial charge in [0.2, 0.25) is 5.91 Å². The van der Waals surface area contributed by atoms with Crippen LogP contribution in [0.15, 0.2) is 41.6 Å². The van der Waals surface area contributed by atoms with E-state index in [4.69, 9.17) is 5.73 Å². The molecule has 9 nitrogen and oxygen atoms in total. The van der Waals surface area contributed by atoms with Gasteiger partial charge in [0.1, 0.15) is 17.1 Å². The van der Waals surface area contributed by atoms with Crippen LogP contribution in [0.5, 0.6) is 0 Å². The van der Waals surface area contributed by atoms with Crippen molar-refractivity contribution in [2.45, 2.75) is 24.3 Å². The van der Waals surface area contributed by atoms with Crippen molar-refractivity contribution in [3.05, 3.63) is 41.6 Å². The number of benzene rings is 1. The van der Waals surface area contributed by atoms with Crippen LogP contribution in [0.25, 0.3) is 10.2 Å². The minimum absolute atomic E-state index is 0.0159. The third-order valence-corrected chi connectivity index (χ3v) is 7.72. The molecule has 5 N–H and O–H groups in total. The number of nitrogen functional groups attached to an aromatic ring is 1. The van der Waals surface area contributed by atoms with Crippen LogP contribution in [0, 0.1) is 5.92 Å². The van der Waals surface area contributed by atoms with Crippen molar-refractivity contribution in [3.8, 4) is 0 Å². The Bertz CT molecular complexity index is 1190. The van der Waals surface area contributed by atoms with Gasteiger partial charge in [-0.2, -0.15) is 0 Å². The molecule has 1 saturated carbocycles. The van der Waals surface area contributed by atoms with Crippen LogP contribution < -0.4 is 16.4 Å². The second-order valence-corrected chi connectivity index (χ2v) is 10.1. The standard InChI is InChI=1S/C21H21N5O4S2/c22-21-24-13-6-5-12(7-14(13)32-21)23-8-15(27)25-16-18(28)26-17(20(29)30)11(9-31-19(16)26)4-3-10-1-2-10/h3-7,10,16,19,23H,1-2,8-9H2,(H2,22,24)(H,25,27)(H,29,30)/b4-3-/t16?,19-/m0/s1. The van der Waals surface area contributed by atoms with E-state index in [-0.39, 0.29) is 18.1 Å². The number of carbonyl (C=O) groups is 3. The normalized spacial score (nSPS) is 22.8. The molecule has 2 aliphatic heterocycles. The van der Waals surface area contributed by atoms with Gasteiger partial charge in [0.15, 0.2) is 5.13 Å². The van der Waals surface area contributed by atoms with Crippen LogP contribution in [-0.4, -0.2) is 56.5 Å². The molecule has 1 aliphatic carbocycles. The first-order valence-corrected chi connectivity index (χ1v) is 12.1. The molecule has 32 heavy (non-hydrogen) atoms. The molecule has 1 aromatic heterocycles. The first-order chi connectivity index (χ1) is 15.4. The van der Waals surface area contributed by atoms with Crippen LogP contribution in [0.1, 0.15) is 12.8 Å². The Labute approximate surface area is 191 Å². The number of allylic oxidation sites excluding steroid dienone is 2. The number of carbonyl (C=O) groups excluding carboxylic acids is 2. The smallest absolute Gasteiger partial charge is 0.352 e. The Morgan fingerprint density at radius 3 is 2.91 bits per heavy atom. The minimum Gasteiger partial charge on any atom is -0.477 e. The Hall–Kier alpha value is -3.05. The van der Waals surface area contributed by atoms with Gasteiger partial charge in [0, 0.05) is 11.4 Å². The molecule has 2 fully saturated rings. The summed E-state index contributed by atoms with van der Waals surface area (Å²) in [4.78, 5) is 42.5. The van der Waals surface area contributed by atoms with E-state index < -0.39 is 23.3 Å². The molecule has 1 aromatic carbocycles. The average Bonchev–Trinajstić information content (AvgIpc) is 3.52. The number of amides is 2. The van der Waals surface area contributed by atoms with E-state index >= 15 is 0 Å². The lowest BCUT2D eigenvalue weighted by Crippen LogP contribution is -2.70. The molecule has 2 atom stereocenters. The van der Waals surface area contributed by atoms with Gasteiger partial charge in [0.25, 0.3) is 5.91 Å². The third-order valence-electron chi connectivity index (χ3n) is 5.57. The molecule has 3 heterocycles. The highest BCUT2D eigenvalue weighted by Gasteiger charge is 2.53. The molecule has 0 spiro atoms. The summed E-state index contributed by atoms with van der Waals surface area (Å²) in [6, 6.07) is 4.76. The maximum atomic E-state index is 12.7. The number of aliphatic carboxylic acids is 1. The number of carboxylic acid groups (broad SMARTS) is 1. The number of carboxylic acids is 1. The van der Waals surface area contributed by atoms with Crippen LogP contribution in [0.4, 0.5) is 10.8 Å². The number of thioether (sulfide) groups is 1. The van der Waals surface area contributed by atoms with Gasteiger partial charge in [0.05, 0.1) is 16.8 Å². The lowest BCUT2D eigenvalue weighted by atomic mass is 10.0. The summed E-state index contributed by atoms with van der Waals surface area (Å²) in [5, 5.41) is 15.5. The maximum absolute atomic E-state index is 12.7. The molecule has 2 amide bonds. The van der Waals surface area contributed by atoms with E-state index in [0.29, 0.717) is 22.4 Å². The second kappa shape index (κ2) is 8.14. The molecule has 11 heteroatoms. The number of rotatable bonds is 7. The Balaban J connectivity index is 1.21. The third kappa shape index (κ3) is 3.93. The number of hydrogen-bond donors (Lipinski definition) is 4. The predicted molar refractivity (Wildman–Crippen MR) is 124 cm³/mol. The zero-order valence-corrected chi connectivity index (χ0v) is 18.5. The first kappa shape index (κ1) is 20.8. The van der Waals surface area contributed by atoms with Gasteiger partial charge in [-0.15, -0.1) is 11.8 Å². The summed E-state index contributed by atoms with van der Waals surface area (Å²) >= 11 is 2.83. The number of nitrogens with zero attached hydrogens (tertiary/aromatic N) is 2. The molecular weight excluding hydrogens is 450 g/mol. The summed E-state index contributed by atoms with van der Waals surface area (Å²) in [6.45, 7) is -0.0159. The molecule has 3 aliphatic rings. The number of nitrogens with one attached hydrogen (secondary N) is 2. The van der Waals surface area contributed by atoms with Crippen LogP contribution in [0.3, 0.4) is 0 Å². The number of anilines is 2. The fraction of sp³-hybridized carbons (Fsp3) is 0.333. The van der Waals surface area contributed by atoms with Crippen molar-refractivity contribution in [2.75, 3.05) is 23.3 Å². The highest BCUT2D eigenvalue weighted by molar-refractivity contribution is 8.00. The molecule has 2 aromatic rings. The Kier molecular flexibility index (Phi) is 5.30. The zero-order chi connectivity index (χ0) is 22.4. The summed E-state index contributed by atoms with van der Waals surface area (Å²) in [5.74, 6) is -0.854. The largest absolute Gasteiger partial charge is 0.477 e. The van der Waals surface area contributed by atoms with Crippen molar-refractivity contribution < 1.29 is 19.5 Å². The summed E-state index contributed by atoms with van der Waals surface area (Å²) in [7, 11) is 0. The topological polar surface area (TPSA) is 138 Å². The van der Waals surface area contributed by atoms with Crippen LogP contribution >= 0.6 is 23.1 Å². The lowest BCUT2D eigenvalue weighted by molar-refractivity contribution is -0.150. The summed E-state index contributed by atoms with van der Waals surface area (Å²) in [6.07, 6.45) is 6.10. The molecule has 1 unspecified atom stereocenters. The van der Waals surface area contributed by atoms with Gasteiger partial charge in [-0.05, 0) is 42.5 Å². The van der Waals surface area contributed by atoms with E-state index in [1.807, 2.05) is 30.4 Å². The zero-order valence-electron chi connectivity index (χ0n) is 16.9. The van der Waals surface area contributed by atoms with Crippen molar-refractivity contribution in [2.24, 2.45) is 5.92 Å². The number of hydrogen-bond acceptors (Lipinski definition) is 8. The quantitative estimate of drug-likeness (QED) is 0.450. The summed E-state index contributed by atoms with van der Waals surface area (Å²) < 4.78 is 0.913. The van der Waals surface area contributed by atoms with Crippen LogP contribution in [-0.2, 0) is 14.4 Å². The maximum Gasteiger partial charge on any atom is 0.352 e. The number of aromatic nitrogens is 1. The van der Waals surface area contributed by atoms with E-state index in [1.54, 1.807) is 0 Å². The fourth-order valence-corrected chi connectivity index (χ4v) is 5.86. The lowest BCUT2D eigenvalue weighted by Gasteiger charge is -2.49. The Morgan fingerprint density at radius 1 is 1.34 bits per heavy atom. The van der Waals surface area contributed by atoms with E-state index in [2.05, 4.69) is 15.6 Å². The van der Waals surface area contributed by atoms with Gasteiger partial charge >= 0.3 is 5.97 Å². The number of fused-ring (bicyclic) bond motifs is 2. The molecule has 1 saturated heterocycles. The molecule has 5 rings (SSSR count). The molecular formula is C21H21N5O4S2. The first-order valence-electron chi connectivity index (χ1n) is 10.2. The number of β-lactam (4-membered cyclic amide) rings is 1. The SMILES string of the molecule is Nc1nc2ccc(NCC(=O)NC3C(=O)N4C(C(=O)O)=C(/C=C\C5CC5)CS[C@@H]34)cc2s1. The highest BCUT2D eigenvalue weighted by Crippen LogP contribution is 2.41. The van der Waals surface area contributed by atoms with Gasteiger partial charge in [-0.1, -0.05) is 23.5 Å². The fourth-order valence-electron chi connectivity index (χ4n) is 3.77.